The van der Waals surface area contributed by atoms with Crippen LogP contribution in [0.15, 0.2) is 18.2 Å². The van der Waals surface area contributed by atoms with Gasteiger partial charge < -0.3 is 14.6 Å². The Kier molecular flexibility index (Phi) is 4.89. The van der Waals surface area contributed by atoms with Gasteiger partial charge in [-0.3, -0.25) is 4.90 Å². The molecular weight excluding hydrogens is 278 g/mol. The molecule has 3 fully saturated rings. The number of aliphatic hydroxyl groups is 1. The number of hydrogen-bond acceptors (Lipinski definition) is 4. The average Bonchev–Trinajstić information content (AvgIpc) is 2.57. The molecule has 0 amide bonds. The highest BCUT2D eigenvalue weighted by Crippen LogP contribution is 2.35. The summed E-state index contributed by atoms with van der Waals surface area (Å²) in [5, 5.41) is 10.5. The number of fused-ring (bicyclic) bond motifs is 3. The number of benzene rings is 1. The van der Waals surface area contributed by atoms with Crippen LogP contribution in [0.25, 0.3) is 0 Å². The summed E-state index contributed by atoms with van der Waals surface area (Å²) in [5.74, 6) is 2.08. The maximum absolute atomic E-state index is 10.5. The maximum Gasteiger partial charge on any atom is 0.161 e. The summed E-state index contributed by atoms with van der Waals surface area (Å²) in [6, 6.07) is 6.40. The monoisotopic (exact) mass is 305 g/mol. The fraction of sp³-hybridized carbons (Fsp3) is 0.667. The van der Waals surface area contributed by atoms with Crippen LogP contribution in [0.2, 0.25) is 0 Å². The quantitative estimate of drug-likeness (QED) is 0.877. The van der Waals surface area contributed by atoms with E-state index in [1.807, 2.05) is 6.07 Å². The lowest BCUT2D eigenvalue weighted by atomic mass is 9.78. The Labute approximate surface area is 133 Å². The molecule has 1 N–H and O–H groups in total. The first-order valence-electron chi connectivity index (χ1n) is 8.44. The lowest BCUT2D eigenvalue weighted by Gasteiger charge is -2.49. The second kappa shape index (κ2) is 6.88. The van der Waals surface area contributed by atoms with E-state index in [2.05, 4.69) is 24.0 Å². The predicted molar refractivity (Wildman–Crippen MR) is 86.6 cm³/mol. The molecule has 3 saturated heterocycles. The minimum atomic E-state index is -0.190. The number of ether oxygens (including phenoxy) is 2. The van der Waals surface area contributed by atoms with Crippen LogP contribution in [0.5, 0.6) is 11.5 Å². The molecule has 2 bridgehead atoms. The van der Waals surface area contributed by atoms with Crippen molar-refractivity contribution in [3.05, 3.63) is 23.8 Å². The Bertz CT molecular complexity index is 495. The highest BCUT2D eigenvalue weighted by molar-refractivity contribution is 5.43. The third-order valence-corrected chi connectivity index (χ3v) is 5.06. The fourth-order valence-corrected chi connectivity index (χ4v) is 3.78. The Balaban J connectivity index is 1.72. The fourth-order valence-electron chi connectivity index (χ4n) is 3.78. The molecule has 0 spiro atoms. The lowest BCUT2D eigenvalue weighted by Crippen LogP contribution is -2.58. The second-order valence-corrected chi connectivity index (χ2v) is 6.47. The van der Waals surface area contributed by atoms with Crippen molar-refractivity contribution in [3.63, 3.8) is 0 Å². The van der Waals surface area contributed by atoms with E-state index >= 15 is 0 Å². The van der Waals surface area contributed by atoms with Crippen molar-refractivity contribution in [2.45, 2.75) is 44.8 Å². The van der Waals surface area contributed by atoms with Crippen molar-refractivity contribution in [3.8, 4) is 11.5 Å². The number of methoxy groups -OCH3 is 1. The molecule has 3 aliphatic heterocycles. The molecule has 4 nitrogen and oxygen atoms in total. The van der Waals surface area contributed by atoms with Crippen LogP contribution in [0.1, 0.15) is 31.7 Å². The largest absolute Gasteiger partial charge is 0.493 e. The Morgan fingerprint density at radius 2 is 2.00 bits per heavy atom. The summed E-state index contributed by atoms with van der Waals surface area (Å²) in [4.78, 5) is 2.44. The van der Waals surface area contributed by atoms with E-state index in [1.165, 1.54) is 5.56 Å². The summed E-state index contributed by atoms with van der Waals surface area (Å²) < 4.78 is 11.2. The van der Waals surface area contributed by atoms with Crippen LogP contribution in [0.3, 0.4) is 0 Å². The van der Waals surface area contributed by atoms with Gasteiger partial charge in [0.15, 0.2) is 11.5 Å². The van der Waals surface area contributed by atoms with E-state index in [4.69, 9.17) is 9.47 Å². The normalized spacial score (nSPS) is 30.3. The van der Waals surface area contributed by atoms with Crippen LogP contribution in [-0.2, 0) is 6.42 Å². The van der Waals surface area contributed by atoms with Gasteiger partial charge in [-0.15, -0.1) is 0 Å². The molecule has 0 radical (unpaired) electrons. The summed E-state index contributed by atoms with van der Waals surface area (Å²) in [7, 11) is 1.68. The van der Waals surface area contributed by atoms with Crippen LogP contribution in [-0.4, -0.2) is 49.0 Å². The number of hydrogen-bond donors (Lipinski definition) is 1. The Morgan fingerprint density at radius 1 is 1.23 bits per heavy atom. The van der Waals surface area contributed by atoms with Crippen molar-refractivity contribution in [1.29, 1.82) is 0 Å². The van der Waals surface area contributed by atoms with Crippen molar-refractivity contribution >= 4 is 0 Å². The standard InChI is InChI=1S/C18H27NO3/c1-3-10-22-16-5-4-13(12-17(16)21-2)11-15-18(20)14-6-8-19(15)9-7-14/h4-5,12,14-15,18,20H,3,6-11H2,1-2H3. The minimum Gasteiger partial charge on any atom is -0.493 e. The Hall–Kier alpha value is -1.26. The highest BCUT2D eigenvalue weighted by Gasteiger charge is 2.40. The Morgan fingerprint density at radius 3 is 2.64 bits per heavy atom. The molecule has 0 aromatic heterocycles. The van der Waals surface area contributed by atoms with Crippen LogP contribution >= 0.6 is 0 Å². The molecule has 2 atom stereocenters. The van der Waals surface area contributed by atoms with Gasteiger partial charge in [0.2, 0.25) is 0 Å². The summed E-state index contributed by atoms with van der Waals surface area (Å²) in [5.41, 5.74) is 1.21. The zero-order chi connectivity index (χ0) is 15.5. The van der Waals surface area contributed by atoms with Crippen LogP contribution in [0, 0.1) is 5.92 Å². The van der Waals surface area contributed by atoms with Gasteiger partial charge in [0.1, 0.15) is 0 Å². The SMILES string of the molecule is CCCOc1ccc(CC2C(O)C3CCN2CC3)cc1OC. The third-order valence-electron chi connectivity index (χ3n) is 5.06. The van der Waals surface area contributed by atoms with Gasteiger partial charge in [-0.2, -0.15) is 0 Å². The smallest absolute Gasteiger partial charge is 0.161 e. The molecule has 0 aliphatic carbocycles. The molecule has 22 heavy (non-hydrogen) atoms. The highest BCUT2D eigenvalue weighted by atomic mass is 16.5. The zero-order valence-electron chi connectivity index (χ0n) is 13.6. The molecule has 0 saturated carbocycles. The molecular formula is C18H27NO3. The topological polar surface area (TPSA) is 41.9 Å². The predicted octanol–water partition coefficient (Wildman–Crippen LogP) is 2.48. The van der Waals surface area contributed by atoms with E-state index in [0.29, 0.717) is 12.5 Å². The van der Waals surface area contributed by atoms with Crippen LogP contribution < -0.4 is 9.47 Å². The first-order chi connectivity index (χ1) is 10.7. The van der Waals surface area contributed by atoms with Gasteiger partial charge in [0, 0.05) is 6.04 Å². The lowest BCUT2D eigenvalue weighted by molar-refractivity contribution is -0.0715. The van der Waals surface area contributed by atoms with Crippen molar-refractivity contribution in [1.82, 2.24) is 4.90 Å². The molecule has 4 rings (SSSR count). The molecule has 122 valence electrons. The second-order valence-electron chi connectivity index (χ2n) is 6.47. The first-order valence-corrected chi connectivity index (χ1v) is 8.44. The van der Waals surface area contributed by atoms with Gasteiger partial charge >= 0.3 is 0 Å². The molecule has 4 heteroatoms. The van der Waals surface area contributed by atoms with Crippen LogP contribution in [0.4, 0.5) is 0 Å². The third kappa shape index (κ3) is 3.08. The molecule has 1 aromatic rings. The van der Waals surface area contributed by atoms with Gasteiger partial charge in [-0.25, -0.2) is 0 Å². The number of nitrogens with zero attached hydrogens (tertiary/aromatic N) is 1. The minimum absolute atomic E-state index is 0.190. The number of piperidine rings is 3. The van der Waals surface area contributed by atoms with Gasteiger partial charge in [-0.1, -0.05) is 13.0 Å². The molecule has 1 aromatic carbocycles. The maximum atomic E-state index is 10.5. The molecule has 3 heterocycles. The first kappa shape index (κ1) is 15.6. The van der Waals surface area contributed by atoms with Crippen molar-refractivity contribution < 1.29 is 14.6 Å². The molecule has 3 aliphatic rings. The van der Waals surface area contributed by atoms with E-state index < -0.39 is 0 Å². The van der Waals surface area contributed by atoms with E-state index in [9.17, 15) is 5.11 Å². The zero-order valence-corrected chi connectivity index (χ0v) is 13.6. The van der Waals surface area contributed by atoms with E-state index in [-0.39, 0.29) is 12.1 Å². The van der Waals surface area contributed by atoms with E-state index in [1.54, 1.807) is 7.11 Å². The summed E-state index contributed by atoms with van der Waals surface area (Å²) in [6.45, 7) is 5.05. The van der Waals surface area contributed by atoms with Gasteiger partial charge in [-0.05, 0) is 62.4 Å². The molecule has 2 unspecified atom stereocenters. The average molecular weight is 305 g/mol. The van der Waals surface area contributed by atoms with Crippen molar-refractivity contribution in [2.75, 3.05) is 26.8 Å². The number of rotatable bonds is 6. The summed E-state index contributed by atoms with van der Waals surface area (Å²) in [6.07, 6.45) is 3.96. The van der Waals surface area contributed by atoms with E-state index in [0.717, 1.165) is 50.3 Å². The van der Waals surface area contributed by atoms with Gasteiger partial charge in [0.25, 0.3) is 0 Å². The number of aliphatic hydroxyl groups excluding tert-OH is 1. The summed E-state index contributed by atoms with van der Waals surface area (Å²) >= 11 is 0. The van der Waals surface area contributed by atoms with Crippen molar-refractivity contribution in [2.24, 2.45) is 5.92 Å². The van der Waals surface area contributed by atoms with Gasteiger partial charge in [0.05, 0.1) is 19.8 Å².